The van der Waals surface area contributed by atoms with E-state index in [2.05, 4.69) is 10.3 Å². The standard InChI is InChI=1S/C20H19N3O3S/c1-12-6-5-9-16-18(12)21-20(27-16)22-19(25)13-10-17(24)23(11-13)14-7-3-4-8-15(14)26-2/h3-9,13H,10-11H2,1-2H3,(H,21,22,25)/t13-/m0/s1. The van der Waals surface area contributed by atoms with E-state index in [1.807, 2.05) is 43.3 Å². The van der Waals surface area contributed by atoms with E-state index in [0.717, 1.165) is 15.8 Å². The minimum atomic E-state index is -0.421. The van der Waals surface area contributed by atoms with Crippen LogP contribution in [0.3, 0.4) is 0 Å². The predicted molar refractivity (Wildman–Crippen MR) is 106 cm³/mol. The van der Waals surface area contributed by atoms with Gasteiger partial charge in [0.1, 0.15) is 5.75 Å². The Labute approximate surface area is 160 Å². The van der Waals surface area contributed by atoms with Gasteiger partial charge in [0.2, 0.25) is 11.8 Å². The number of fused-ring (bicyclic) bond motifs is 1. The number of nitrogens with zero attached hydrogens (tertiary/aromatic N) is 2. The molecule has 0 saturated carbocycles. The number of thiazole rings is 1. The molecule has 138 valence electrons. The molecule has 1 aliphatic rings. The molecular formula is C20H19N3O3S. The number of para-hydroxylation sites is 3. The first kappa shape index (κ1) is 17.5. The number of aryl methyl sites for hydroxylation is 1. The molecule has 27 heavy (non-hydrogen) atoms. The van der Waals surface area contributed by atoms with Gasteiger partial charge in [-0.25, -0.2) is 4.98 Å². The summed E-state index contributed by atoms with van der Waals surface area (Å²) in [4.78, 5) is 31.3. The van der Waals surface area contributed by atoms with Crippen molar-refractivity contribution < 1.29 is 14.3 Å². The van der Waals surface area contributed by atoms with Gasteiger partial charge in [0, 0.05) is 13.0 Å². The van der Waals surface area contributed by atoms with E-state index in [-0.39, 0.29) is 18.2 Å². The molecule has 1 atom stereocenters. The molecule has 6 nitrogen and oxygen atoms in total. The van der Waals surface area contributed by atoms with Crippen LogP contribution in [-0.2, 0) is 9.59 Å². The lowest BCUT2D eigenvalue weighted by molar-refractivity contribution is -0.122. The van der Waals surface area contributed by atoms with E-state index in [1.54, 1.807) is 18.1 Å². The number of methoxy groups -OCH3 is 1. The Hall–Kier alpha value is -2.93. The Kier molecular flexibility index (Phi) is 4.53. The summed E-state index contributed by atoms with van der Waals surface area (Å²) in [6.07, 6.45) is 0.174. The summed E-state index contributed by atoms with van der Waals surface area (Å²) in [5.74, 6) is -0.0682. The molecule has 2 heterocycles. The predicted octanol–water partition coefficient (Wildman–Crippen LogP) is 3.60. The van der Waals surface area contributed by atoms with E-state index in [1.165, 1.54) is 11.3 Å². The van der Waals surface area contributed by atoms with Gasteiger partial charge in [-0.2, -0.15) is 0 Å². The number of hydrogen-bond acceptors (Lipinski definition) is 5. The first-order valence-corrected chi connectivity index (χ1v) is 9.49. The van der Waals surface area contributed by atoms with Gasteiger partial charge in [0.25, 0.3) is 0 Å². The van der Waals surface area contributed by atoms with Crippen molar-refractivity contribution in [1.82, 2.24) is 4.98 Å². The first-order chi connectivity index (χ1) is 13.1. The van der Waals surface area contributed by atoms with E-state index < -0.39 is 5.92 Å². The number of ether oxygens (including phenoxy) is 1. The van der Waals surface area contributed by atoms with Crippen LogP contribution in [0.2, 0.25) is 0 Å². The summed E-state index contributed by atoms with van der Waals surface area (Å²) in [5, 5.41) is 3.44. The van der Waals surface area contributed by atoms with Crippen LogP contribution in [0.15, 0.2) is 42.5 Å². The molecule has 2 aromatic carbocycles. The fourth-order valence-electron chi connectivity index (χ4n) is 3.32. The third-order valence-corrected chi connectivity index (χ3v) is 5.66. The largest absolute Gasteiger partial charge is 0.495 e. The number of carbonyl (C=O) groups excluding carboxylic acids is 2. The summed E-state index contributed by atoms with van der Waals surface area (Å²) < 4.78 is 6.37. The lowest BCUT2D eigenvalue weighted by Crippen LogP contribution is -2.28. The van der Waals surface area contributed by atoms with E-state index in [0.29, 0.717) is 23.1 Å². The Morgan fingerprint density at radius 2 is 2.07 bits per heavy atom. The van der Waals surface area contributed by atoms with Crippen LogP contribution >= 0.6 is 11.3 Å². The van der Waals surface area contributed by atoms with Crippen LogP contribution in [0, 0.1) is 12.8 Å². The Bertz CT molecular complexity index is 1030. The highest BCUT2D eigenvalue weighted by molar-refractivity contribution is 7.22. The summed E-state index contributed by atoms with van der Waals surface area (Å²) in [7, 11) is 1.57. The second-order valence-corrected chi connectivity index (χ2v) is 7.54. The highest BCUT2D eigenvalue weighted by atomic mass is 32.1. The van der Waals surface area contributed by atoms with Crippen LogP contribution in [-0.4, -0.2) is 30.5 Å². The number of carbonyl (C=O) groups is 2. The maximum atomic E-state index is 12.7. The van der Waals surface area contributed by atoms with Crippen molar-refractivity contribution in [3.05, 3.63) is 48.0 Å². The molecule has 1 aromatic heterocycles. The molecule has 4 rings (SSSR count). The van der Waals surface area contributed by atoms with Crippen molar-refractivity contribution in [2.45, 2.75) is 13.3 Å². The molecule has 0 radical (unpaired) electrons. The zero-order valence-corrected chi connectivity index (χ0v) is 15.9. The minimum Gasteiger partial charge on any atom is -0.495 e. The quantitative estimate of drug-likeness (QED) is 0.749. The minimum absolute atomic E-state index is 0.0835. The van der Waals surface area contributed by atoms with Crippen LogP contribution in [0.4, 0.5) is 10.8 Å². The third kappa shape index (κ3) is 3.26. The number of amides is 2. The van der Waals surface area contributed by atoms with Gasteiger partial charge in [0.05, 0.1) is 28.9 Å². The van der Waals surface area contributed by atoms with Gasteiger partial charge >= 0.3 is 0 Å². The van der Waals surface area contributed by atoms with Gasteiger partial charge in [0.15, 0.2) is 5.13 Å². The highest BCUT2D eigenvalue weighted by Crippen LogP contribution is 2.34. The van der Waals surface area contributed by atoms with Crippen molar-refractivity contribution in [2.75, 3.05) is 23.9 Å². The average molecular weight is 381 g/mol. The molecule has 2 amide bonds. The fourth-order valence-corrected chi connectivity index (χ4v) is 4.26. The molecule has 1 aliphatic heterocycles. The molecule has 1 fully saturated rings. The van der Waals surface area contributed by atoms with Crippen molar-refractivity contribution in [3.63, 3.8) is 0 Å². The molecule has 7 heteroatoms. The van der Waals surface area contributed by atoms with Crippen molar-refractivity contribution in [2.24, 2.45) is 5.92 Å². The summed E-state index contributed by atoms with van der Waals surface area (Å²) in [5.41, 5.74) is 2.66. The summed E-state index contributed by atoms with van der Waals surface area (Å²) >= 11 is 1.44. The van der Waals surface area contributed by atoms with Gasteiger partial charge in [-0.3, -0.25) is 9.59 Å². The Morgan fingerprint density at radius 3 is 2.85 bits per heavy atom. The second kappa shape index (κ2) is 7.00. The number of hydrogen-bond donors (Lipinski definition) is 1. The molecule has 1 N–H and O–H groups in total. The van der Waals surface area contributed by atoms with Crippen LogP contribution < -0.4 is 15.0 Å². The molecule has 0 unspecified atom stereocenters. The van der Waals surface area contributed by atoms with Crippen molar-refractivity contribution >= 4 is 44.2 Å². The smallest absolute Gasteiger partial charge is 0.231 e. The average Bonchev–Trinajstić information content (AvgIpc) is 3.25. The second-order valence-electron chi connectivity index (χ2n) is 6.51. The van der Waals surface area contributed by atoms with E-state index in [4.69, 9.17) is 4.74 Å². The number of aromatic nitrogens is 1. The molecule has 3 aromatic rings. The first-order valence-electron chi connectivity index (χ1n) is 8.67. The zero-order chi connectivity index (χ0) is 19.0. The Morgan fingerprint density at radius 1 is 1.26 bits per heavy atom. The molecule has 0 bridgehead atoms. The summed E-state index contributed by atoms with van der Waals surface area (Å²) in [6, 6.07) is 13.3. The lowest BCUT2D eigenvalue weighted by Gasteiger charge is -2.19. The number of rotatable bonds is 4. The maximum absolute atomic E-state index is 12.7. The zero-order valence-electron chi connectivity index (χ0n) is 15.1. The number of anilines is 2. The van der Waals surface area contributed by atoms with Crippen LogP contribution in [0.25, 0.3) is 10.2 Å². The topological polar surface area (TPSA) is 71.5 Å². The van der Waals surface area contributed by atoms with Gasteiger partial charge in [-0.05, 0) is 30.7 Å². The Balaban J connectivity index is 1.51. The highest BCUT2D eigenvalue weighted by Gasteiger charge is 2.36. The summed E-state index contributed by atoms with van der Waals surface area (Å²) in [6.45, 7) is 2.32. The molecular weight excluding hydrogens is 362 g/mol. The van der Waals surface area contributed by atoms with Gasteiger partial charge < -0.3 is 15.0 Å². The number of benzene rings is 2. The normalized spacial score (nSPS) is 16.7. The SMILES string of the molecule is COc1ccccc1N1C[C@@H](C(=O)Nc2nc3c(C)cccc3s2)CC1=O. The lowest BCUT2D eigenvalue weighted by atomic mass is 10.1. The van der Waals surface area contributed by atoms with E-state index in [9.17, 15) is 9.59 Å². The van der Waals surface area contributed by atoms with Gasteiger partial charge in [-0.15, -0.1) is 0 Å². The maximum Gasteiger partial charge on any atom is 0.231 e. The van der Waals surface area contributed by atoms with Crippen molar-refractivity contribution in [1.29, 1.82) is 0 Å². The molecule has 0 aliphatic carbocycles. The fraction of sp³-hybridized carbons (Fsp3) is 0.250. The monoisotopic (exact) mass is 381 g/mol. The third-order valence-electron chi connectivity index (χ3n) is 4.72. The molecule has 1 saturated heterocycles. The number of nitrogens with one attached hydrogen (secondary N) is 1. The van der Waals surface area contributed by atoms with Crippen LogP contribution in [0.1, 0.15) is 12.0 Å². The van der Waals surface area contributed by atoms with E-state index >= 15 is 0 Å². The van der Waals surface area contributed by atoms with Crippen molar-refractivity contribution in [3.8, 4) is 5.75 Å². The van der Waals surface area contributed by atoms with Crippen LogP contribution in [0.5, 0.6) is 5.75 Å². The van der Waals surface area contributed by atoms with Gasteiger partial charge in [-0.1, -0.05) is 35.6 Å². The molecule has 0 spiro atoms.